The van der Waals surface area contributed by atoms with E-state index in [-0.39, 0.29) is 30.7 Å². The average molecular weight is 424 g/mol. The van der Waals surface area contributed by atoms with Crippen LogP contribution >= 0.6 is 0 Å². The highest BCUT2D eigenvalue weighted by molar-refractivity contribution is 5.90. The van der Waals surface area contributed by atoms with Crippen LogP contribution < -0.4 is 5.32 Å². The minimum absolute atomic E-state index is 0.123. The number of hydrogen-bond donors (Lipinski definition) is 2. The number of aliphatic hydroxyl groups excluding tert-OH is 1. The minimum atomic E-state index is -0.727. The quantitative estimate of drug-likeness (QED) is 0.637. The summed E-state index contributed by atoms with van der Waals surface area (Å²) in [4.78, 5) is 27.3. The number of aliphatic hydroxyl groups is 1. The van der Waals surface area contributed by atoms with Crippen molar-refractivity contribution in [3.63, 3.8) is 0 Å². The average Bonchev–Trinajstić information content (AvgIpc) is 3.27. The van der Waals surface area contributed by atoms with Crippen molar-refractivity contribution in [2.45, 2.75) is 69.9 Å². The first-order chi connectivity index (χ1) is 14.0. The molecule has 1 aliphatic heterocycles. The lowest BCUT2D eigenvalue weighted by molar-refractivity contribution is -0.258. The molecule has 30 heavy (non-hydrogen) atoms. The van der Waals surface area contributed by atoms with Crippen LogP contribution in [0.1, 0.15) is 57.7 Å². The summed E-state index contributed by atoms with van der Waals surface area (Å²) in [7, 11) is 4.77. The van der Waals surface area contributed by atoms with E-state index in [9.17, 15) is 14.7 Å². The van der Waals surface area contributed by atoms with Crippen molar-refractivity contribution in [1.29, 1.82) is 0 Å². The molecule has 0 spiro atoms. The zero-order valence-electron chi connectivity index (χ0n) is 18.6. The summed E-state index contributed by atoms with van der Waals surface area (Å²) in [5.74, 6) is -0.973. The Morgan fingerprint density at radius 2 is 1.93 bits per heavy atom. The van der Waals surface area contributed by atoms with Gasteiger partial charge in [-0.25, -0.2) is 4.68 Å². The van der Waals surface area contributed by atoms with Gasteiger partial charge in [-0.2, -0.15) is 0 Å². The SMILES string of the molecule is CNC(=O)[C@H]1CC(O)CN1C(=O)C(n1cc(C2CC(OC)(OC)C2)nn1)C(C)(C)C. The zero-order valence-corrected chi connectivity index (χ0v) is 18.6. The summed E-state index contributed by atoms with van der Waals surface area (Å²) in [6, 6.07) is -1.35. The Hall–Kier alpha value is -2.04. The van der Waals surface area contributed by atoms with Gasteiger partial charge in [-0.15, -0.1) is 5.10 Å². The van der Waals surface area contributed by atoms with Gasteiger partial charge in [-0.3, -0.25) is 9.59 Å². The van der Waals surface area contributed by atoms with E-state index in [4.69, 9.17) is 9.47 Å². The van der Waals surface area contributed by atoms with Crippen molar-refractivity contribution in [1.82, 2.24) is 25.2 Å². The maximum atomic E-state index is 13.5. The molecule has 0 radical (unpaired) electrons. The van der Waals surface area contributed by atoms with Gasteiger partial charge in [0.1, 0.15) is 12.1 Å². The largest absolute Gasteiger partial charge is 0.391 e. The number of likely N-dealkylation sites (tertiary alicyclic amines) is 1. The fraction of sp³-hybridized carbons (Fsp3) is 0.800. The second-order valence-electron chi connectivity index (χ2n) is 9.33. The molecule has 10 nitrogen and oxygen atoms in total. The van der Waals surface area contributed by atoms with Gasteiger partial charge in [0, 0.05) is 59.2 Å². The molecule has 1 saturated heterocycles. The summed E-state index contributed by atoms with van der Waals surface area (Å²) in [6.45, 7) is 5.96. The lowest BCUT2D eigenvalue weighted by Gasteiger charge is -2.44. The molecule has 1 aliphatic carbocycles. The van der Waals surface area contributed by atoms with Crippen molar-refractivity contribution < 1.29 is 24.2 Å². The first kappa shape index (κ1) is 22.6. The Morgan fingerprint density at radius 1 is 1.30 bits per heavy atom. The first-order valence-corrected chi connectivity index (χ1v) is 10.3. The molecule has 2 fully saturated rings. The van der Waals surface area contributed by atoms with E-state index in [1.54, 1.807) is 25.1 Å². The van der Waals surface area contributed by atoms with E-state index in [0.717, 1.165) is 5.69 Å². The van der Waals surface area contributed by atoms with E-state index in [1.807, 2.05) is 20.8 Å². The summed E-state index contributed by atoms with van der Waals surface area (Å²) in [5, 5.41) is 21.2. The highest BCUT2D eigenvalue weighted by Gasteiger charge is 2.48. The van der Waals surface area contributed by atoms with Crippen LogP contribution in [0.5, 0.6) is 0 Å². The molecular formula is C20H33N5O5. The molecule has 3 atom stereocenters. The van der Waals surface area contributed by atoms with Crippen LogP contribution in [0, 0.1) is 5.41 Å². The van der Waals surface area contributed by atoms with Gasteiger partial charge in [-0.1, -0.05) is 26.0 Å². The van der Waals surface area contributed by atoms with Crippen molar-refractivity contribution in [2.75, 3.05) is 27.8 Å². The molecule has 2 N–H and O–H groups in total. The molecule has 0 bridgehead atoms. The third-order valence-electron chi connectivity index (χ3n) is 6.24. The van der Waals surface area contributed by atoms with Crippen LogP contribution in [-0.4, -0.2) is 82.6 Å². The topological polar surface area (TPSA) is 119 Å². The Bertz CT molecular complexity index is 777. The molecular weight excluding hydrogens is 390 g/mol. The summed E-state index contributed by atoms with van der Waals surface area (Å²) in [5.41, 5.74) is 0.303. The van der Waals surface area contributed by atoms with Crippen LogP contribution in [-0.2, 0) is 19.1 Å². The number of likely N-dealkylation sites (N-methyl/N-ethyl adjacent to an activating group) is 1. The van der Waals surface area contributed by atoms with Crippen molar-refractivity contribution in [3.8, 4) is 0 Å². The number of nitrogens with zero attached hydrogens (tertiary/aromatic N) is 4. The highest BCUT2D eigenvalue weighted by atomic mass is 16.7. The number of nitrogens with one attached hydrogen (secondary N) is 1. The van der Waals surface area contributed by atoms with Crippen LogP contribution in [0.25, 0.3) is 0 Å². The lowest BCUT2D eigenvalue weighted by Crippen LogP contribution is -2.49. The van der Waals surface area contributed by atoms with Gasteiger partial charge >= 0.3 is 0 Å². The fourth-order valence-corrected chi connectivity index (χ4v) is 4.43. The Kier molecular flexibility index (Phi) is 6.22. The molecule has 168 valence electrons. The van der Waals surface area contributed by atoms with Gasteiger partial charge in [0.2, 0.25) is 11.8 Å². The molecule has 0 aromatic carbocycles. The smallest absolute Gasteiger partial charge is 0.248 e. The van der Waals surface area contributed by atoms with Crippen LogP contribution in [0.4, 0.5) is 0 Å². The summed E-state index contributed by atoms with van der Waals surface area (Å²) >= 11 is 0. The third kappa shape index (κ3) is 4.08. The molecule has 2 aliphatic rings. The molecule has 1 aromatic rings. The van der Waals surface area contributed by atoms with Crippen LogP contribution in [0.3, 0.4) is 0 Å². The maximum absolute atomic E-state index is 13.5. The number of aromatic nitrogens is 3. The van der Waals surface area contributed by atoms with Crippen molar-refractivity contribution in [2.24, 2.45) is 5.41 Å². The molecule has 1 saturated carbocycles. The van der Waals surface area contributed by atoms with Gasteiger partial charge in [0.05, 0.1) is 11.8 Å². The summed E-state index contributed by atoms with van der Waals surface area (Å²) < 4.78 is 12.5. The van der Waals surface area contributed by atoms with Gasteiger partial charge < -0.3 is 24.8 Å². The van der Waals surface area contributed by atoms with Gasteiger partial charge in [-0.05, 0) is 5.41 Å². The third-order valence-corrected chi connectivity index (χ3v) is 6.24. The van der Waals surface area contributed by atoms with E-state index < -0.39 is 29.4 Å². The second-order valence-corrected chi connectivity index (χ2v) is 9.33. The first-order valence-electron chi connectivity index (χ1n) is 10.3. The standard InChI is InChI=1S/C20H33N5O5/c1-19(2,3)16(18(28)24-10-13(26)7-15(24)17(27)21-4)25-11-14(22-23-25)12-8-20(9-12,29-5)30-6/h11-13,15-16,26H,7-10H2,1-6H3,(H,21,27)/t13?,15-,16?/m1/s1. The molecule has 2 unspecified atom stereocenters. The van der Waals surface area contributed by atoms with E-state index >= 15 is 0 Å². The maximum Gasteiger partial charge on any atom is 0.248 e. The minimum Gasteiger partial charge on any atom is -0.391 e. The normalized spacial score (nSPS) is 25.1. The number of amides is 2. The number of β-amino-alcohol motifs (C(OH)–C–C–N with tert-alkyl or cyclic N) is 1. The Labute approximate surface area is 176 Å². The molecule has 10 heteroatoms. The summed E-state index contributed by atoms with van der Waals surface area (Å²) in [6.07, 6.45) is 2.64. The van der Waals surface area contributed by atoms with Crippen LogP contribution in [0.15, 0.2) is 6.20 Å². The molecule has 2 heterocycles. The van der Waals surface area contributed by atoms with E-state index in [2.05, 4.69) is 15.6 Å². The zero-order chi connectivity index (χ0) is 22.3. The lowest BCUT2D eigenvalue weighted by atomic mass is 9.77. The number of carbonyl (C=O) groups excluding carboxylic acids is 2. The predicted octanol–water partition coefficient (Wildman–Crippen LogP) is 0.440. The molecule has 1 aromatic heterocycles. The molecule has 3 rings (SSSR count). The molecule has 2 amide bonds. The van der Waals surface area contributed by atoms with E-state index in [0.29, 0.717) is 12.8 Å². The fourth-order valence-electron chi connectivity index (χ4n) is 4.43. The number of ether oxygens (including phenoxy) is 2. The van der Waals surface area contributed by atoms with Crippen molar-refractivity contribution in [3.05, 3.63) is 11.9 Å². The van der Waals surface area contributed by atoms with E-state index in [1.165, 1.54) is 11.9 Å². The van der Waals surface area contributed by atoms with Gasteiger partial charge in [0.15, 0.2) is 5.79 Å². The van der Waals surface area contributed by atoms with Gasteiger partial charge in [0.25, 0.3) is 0 Å². The Morgan fingerprint density at radius 3 is 2.47 bits per heavy atom. The van der Waals surface area contributed by atoms with Crippen LogP contribution in [0.2, 0.25) is 0 Å². The monoisotopic (exact) mass is 423 g/mol. The highest BCUT2D eigenvalue weighted by Crippen LogP contribution is 2.47. The predicted molar refractivity (Wildman–Crippen MR) is 107 cm³/mol. The number of methoxy groups -OCH3 is 2. The van der Waals surface area contributed by atoms with Crippen molar-refractivity contribution >= 4 is 11.8 Å². The second kappa shape index (κ2) is 8.24. The Balaban J connectivity index is 1.83. The number of rotatable bonds is 6. The number of carbonyl (C=O) groups is 2. The number of hydrogen-bond acceptors (Lipinski definition) is 7.